The molecule has 1 fully saturated rings. The Bertz CT molecular complexity index is 698. The Hall–Kier alpha value is -1.83. The standard InChI is InChI=1S/C17H20Cl2N2O5/c18-11-4-3-10(12(19)8-11)9-20-14(22)5-6-15(23)21-7-1-2-13(21)16(24)17(25)26/h3-4,8,13,16,24H,1-2,5-7,9H2,(H,20,22)(H,25,26)/t13-,16?/m0/s1. The second kappa shape index (κ2) is 9.21. The summed E-state index contributed by atoms with van der Waals surface area (Å²) in [5.41, 5.74) is 0.708. The highest BCUT2D eigenvalue weighted by Crippen LogP contribution is 2.22. The van der Waals surface area contributed by atoms with Crippen LogP contribution in [0.4, 0.5) is 0 Å². The van der Waals surface area contributed by atoms with Gasteiger partial charge >= 0.3 is 5.97 Å². The van der Waals surface area contributed by atoms with E-state index in [1.165, 1.54) is 4.90 Å². The normalized spacial score (nSPS) is 17.8. The Morgan fingerprint density at radius 1 is 1.27 bits per heavy atom. The number of nitrogens with one attached hydrogen (secondary N) is 1. The molecule has 0 saturated carbocycles. The smallest absolute Gasteiger partial charge is 0.334 e. The van der Waals surface area contributed by atoms with E-state index in [1.54, 1.807) is 18.2 Å². The lowest BCUT2D eigenvalue weighted by molar-refractivity contribution is -0.152. The Kier molecular flexibility index (Phi) is 7.25. The van der Waals surface area contributed by atoms with Gasteiger partial charge in [0.1, 0.15) is 0 Å². The van der Waals surface area contributed by atoms with Gasteiger partial charge in [0.15, 0.2) is 6.10 Å². The third-order valence-corrected chi connectivity index (χ3v) is 4.88. The molecule has 1 saturated heterocycles. The molecule has 0 bridgehead atoms. The number of carbonyl (C=O) groups is 3. The molecule has 2 atom stereocenters. The topological polar surface area (TPSA) is 107 Å². The number of carbonyl (C=O) groups excluding carboxylic acids is 2. The van der Waals surface area contributed by atoms with Crippen molar-refractivity contribution >= 4 is 41.0 Å². The average Bonchev–Trinajstić information content (AvgIpc) is 3.07. The van der Waals surface area contributed by atoms with Gasteiger partial charge in [0, 0.05) is 36.0 Å². The molecule has 1 aromatic carbocycles. The van der Waals surface area contributed by atoms with Gasteiger partial charge < -0.3 is 20.4 Å². The first-order chi connectivity index (χ1) is 12.3. The Morgan fingerprint density at radius 2 is 2.00 bits per heavy atom. The van der Waals surface area contributed by atoms with Crippen LogP contribution < -0.4 is 5.32 Å². The van der Waals surface area contributed by atoms with E-state index in [1.807, 2.05) is 0 Å². The average molecular weight is 403 g/mol. The van der Waals surface area contributed by atoms with Crippen molar-refractivity contribution in [2.75, 3.05) is 6.54 Å². The predicted molar refractivity (Wildman–Crippen MR) is 95.9 cm³/mol. The quantitative estimate of drug-likeness (QED) is 0.644. The van der Waals surface area contributed by atoms with Crippen LogP contribution in [-0.2, 0) is 20.9 Å². The van der Waals surface area contributed by atoms with Crippen LogP contribution in [0.25, 0.3) is 0 Å². The molecule has 7 nitrogen and oxygen atoms in total. The van der Waals surface area contributed by atoms with Gasteiger partial charge in [-0.15, -0.1) is 0 Å². The number of carboxylic acids is 1. The first-order valence-corrected chi connectivity index (χ1v) is 8.96. The highest BCUT2D eigenvalue weighted by Gasteiger charge is 2.37. The van der Waals surface area contributed by atoms with E-state index in [0.29, 0.717) is 35.0 Å². The number of hydrogen-bond donors (Lipinski definition) is 3. The molecule has 0 spiro atoms. The van der Waals surface area contributed by atoms with Crippen LogP contribution in [0, 0.1) is 0 Å². The molecule has 142 valence electrons. The molecule has 9 heteroatoms. The fraction of sp³-hybridized carbons (Fsp3) is 0.471. The van der Waals surface area contributed by atoms with Gasteiger partial charge in [-0.1, -0.05) is 29.3 Å². The summed E-state index contributed by atoms with van der Waals surface area (Å²) in [5, 5.41) is 22.2. The summed E-state index contributed by atoms with van der Waals surface area (Å²) in [6, 6.07) is 4.21. The Morgan fingerprint density at radius 3 is 2.65 bits per heavy atom. The molecule has 0 radical (unpaired) electrons. The summed E-state index contributed by atoms with van der Waals surface area (Å²) in [7, 11) is 0. The zero-order valence-electron chi connectivity index (χ0n) is 14.0. The third-order valence-electron chi connectivity index (χ3n) is 4.29. The largest absolute Gasteiger partial charge is 0.479 e. The zero-order chi connectivity index (χ0) is 19.3. The molecule has 3 N–H and O–H groups in total. The van der Waals surface area contributed by atoms with E-state index in [2.05, 4.69) is 5.32 Å². The van der Waals surface area contributed by atoms with Gasteiger partial charge in [0.25, 0.3) is 0 Å². The molecule has 1 unspecified atom stereocenters. The van der Waals surface area contributed by atoms with Crippen LogP contribution in [0.15, 0.2) is 18.2 Å². The summed E-state index contributed by atoms with van der Waals surface area (Å²) in [4.78, 5) is 36.5. The number of aliphatic hydroxyl groups excluding tert-OH is 1. The third kappa shape index (κ3) is 5.33. The molecule has 0 aromatic heterocycles. The molecule has 1 aliphatic heterocycles. The Balaban J connectivity index is 1.81. The van der Waals surface area contributed by atoms with E-state index in [0.717, 1.165) is 0 Å². The number of halogens is 2. The lowest BCUT2D eigenvalue weighted by Crippen LogP contribution is -2.46. The van der Waals surface area contributed by atoms with Crippen molar-refractivity contribution in [3.63, 3.8) is 0 Å². The lowest BCUT2D eigenvalue weighted by atomic mass is 10.1. The summed E-state index contributed by atoms with van der Waals surface area (Å²) >= 11 is 11.8. The van der Waals surface area contributed by atoms with Crippen LogP contribution in [0.3, 0.4) is 0 Å². The summed E-state index contributed by atoms with van der Waals surface area (Å²) in [6.07, 6.45) is -0.635. The maximum Gasteiger partial charge on any atom is 0.334 e. The SMILES string of the molecule is O=C(CCC(=O)N1CCC[C@H]1C(O)C(=O)O)NCc1ccc(Cl)cc1Cl. The number of rotatable bonds is 7. The van der Waals surface area contributed by atoms with Gasteiger partial charge in [-0.25, -0.2) is 4.79 Å². The highest BCUT2D eigenvalue weighted by molar-refractivity contribution is 6.35. The second-order valence-electron chi connectivity index (χ2n) is 6.09. The van der Waals surface area contributed by atoms with Crippen molar-refractivity contribution in [1.29, 1.82) is 0 Å². The molecule has 1 heterocycles. The fourth-order valence-corrected chi connectivity index (χ4v) is 3.38. The van der Waals surface area contributed by atoms with Crippen molar-refractivity contribution in [2.45, 2.75) is 44.4 Å². The molecule has 1 aromatic rings. The van der Waals surface area contributed by atoms with E-state index >= 15 is 0 Å². The minimum Gasteiger partial charge on any atom is -0.479 e. The molecule has 0 aliphatic carbocycles. The first-order valence-electron chi connectivity index (χ1n) is 8.20. The van der Waals surface area contributed by atoms with Gasteiger partial charge in [0.05, 0.1) is 6.04 Å². The fourth-order valence-electron chi connectivity index (χ4n) is 2.91. The minimum absolute atomic E-state index is 0.0313. The molecule has 2 amide bonds. The monoisotopic (exact) mass is 402 g/mol. The predicted octanol–water partition coefficient (Wildman–Crippen LogP) is 1.83. The van der Waals surface area contributed by atoms with E-state index in [4.69, 9.17) is 28.3 Å². The molecule has 2 rings (SSSR count). The van der Waals surface area contributed by atoms with Crippen LogP contribution >= 0.6 is 23.2 Å². The summed E-state index contributed by atoms with van der Waals surface area (Å²) < 4.78 is 0. The van der Waals surface area contributed by atoms with Crippen LogP contribution in [-0.4, -0.2) is 51.6 Å². The highest BCUT2D eigenvalue weighted by atomic mass is 35.5. The number of carboxylic acid groups (broad SMARTS) is 1. The zero-order valence-corrected chi connectivity index (χ0v) is 15.5. The summed E-state index contributed by atoms with van der Waals surface area (Å²) in [6.45, 7) is 0.600. The van der Waals surface area contributed by atoms with Gasteiger partial charge in [0.2, 0.25) is 11.8 Å². The number of aliphatic carboxylic acids is 1. The molecule has 26 heavy (non-hydrogen) atoms. The maximum absolute atomic E-state index is 12.3. The number of hydrogen-bond acceptors (Lipinski definition) is 4. The number of amides is 2. The van der Waals surface area contributed by atoms with Gasteiger partial charge in [-0.2, -0.15) is 0 Å². The molecular formula is C17H20Cl2N2O5. The maximum atomic E-state index is 12.3. The minimum atomic E-state index is -1.61. The van der Waals surface area contributed by atoms with E-state index in [9.17, 15) is 19.5 Å². The van der Waals surface area contributed by atoms with Crippen LogP contribution in [0.2, 0.25) is 10.0 Å². The number of benzene rings is 1. The lowest BCUT2D eigenvalue weighted by Gasteiger charge is -2.26. The second-order valence-corrected chi connectivity index (χ2v) is 6.94. The number of likely N-dealkylation sites (tertiary alicyclic amines) is 1. The van der Waals surface area contributed by atoms with Crippen molar-refractivity contribution < 1.29 is 24.6 Å². The van der Waals surface area contributed by atoms with Gasteiger partial charge in [-0.05, 0) is 30.5 Å². The van der Waals surface area contributed by atoms with E-state index in [-0.39, 0.29) is 31.2 Å². The Labute approximate surface area is 160 Å². The van der Waals surface area contributed by atoms with Crippen LogP contribution in [0.1, 0.15) is 31.2 Å². The van der Waals surface area contributed by atoms with E-state index < -0.39 is 18.1 Å². The van der Waals surface area contributed by atoms with Crippen molar-refractivity contribution in [1.82, 2.24) is 10.2 Å². The van der Waals surface area contributed by atoms with Crippen molar-refractivity contribution in [2.24, 2.45) is 0 Å². The first kappa shape index (κ1) is 20.5. The molecule has 1 aliphatic rings. The van der Waals surface area contributed by atoms with Gasteiger partial charge in [-0.3, -0.25) is 9.59 Å². The van der Waals surface area contributed by atoms with Crippen LogP contribution in [0.5, 0.6) is 0 Å². The molecular weight excluding hydrogens is 383 g/mol. The van der Waals surface area contributed by atoms with Crippen molar-refractivity contribution in [3.05, 3.63) is 33.8 Å². The summed E-state index contributed by atoms with van der Waals surface area (Å²) in [5.74, 6) is -2.02. The number of aliphatic hydroxyl groups is 1. The number of nitrogens with zero attached hydrogens (tertiary/aromatic N) is 1. The van der Waals surface area contributed by atoms with Crippen molar-refractivity contribution in [3.8, 4) is 0 Å².